The maximum Gasteiger partial charge on any atom is 0.196 e. The van der Waals surface area contributed by atoms with E-state index < -0.39 is 6.10 Å². The minimum atomic E-state index is -0.552. The summed E-state index contributed by atoms with van der Waals surface area (Å²) in [6, 6.07) is 14.3. The number of aromatic nitrogens is 3. The van der Waals surface area contributed by atoms with Gasteiger partial charge in [0.25, 0.3) is 0 Å². The predicted octanol–water partition coefficient (Wildman–Crippen LogP) is 3.92. The first-order chi connectivity index (χ1) is 12.7. The second-order valence-corrected chi connectivity index (χ2v) is 8.10. The molecule has 0 amide bonds. The van der Waals surface area contributed by atoms with Crippen molar-refractivity contribution < 1.29 is 9.84 Å². The lowest BCUT2D eigenvalue weighted by Crippen LogP contribution is -2.18. The first-order valence-electron chi connectivity index (χ1n) is 8.37. The van der Waals surface area contributed by atoms with E-state index in [1.54, 1.807) is 11.3 Å². The van der Waals surface area contributed by atoms with Crippen molar-refractivity contribution in [1.82, 2.24) is 14.6 Å². The molecule has 1 atom stereocenters. The number of aliphatic hydroxyl groups is 1. The summed E-state index contributed by atoms with van der Waals surface area (Å²) in [5, 5.41) is 22.8. The topological polar surface area (TPSA) is 59.7 Å². The molecule has 0 bridgehead atoms. The first kappa shape index (κ1) is 17.5. The van der Waals surface area contributed by atoms with Crippen molar-refractivity contribution in [2.75, 3.05) is 12.4 Å². The van der Waals surface area contributed by atoms with Gasteiger partial charge < -0.3 is 9.84 Å². The van der Waals surface area contributed by atoms with Crippen LogP contribution in [0.3, 0.4) is 0 Å². The molecule has 7 heteroatoms. The molecule has 0 fully saturated rings. The van der Waals surface area contributed by atoms with Gasteiger partial charge in [-0.25, -0.2) is 0 Å². The van der Waals surface area contributed by atoms with E-state index in [4.69, 9.17) is 4.74 Å². The summed E-state index contributed by atoms with van der Waals surface area (Å²) in [5.74, 6) is 0.507. The van der Waals surface area contributed by atoms with E-state index in [1.165, 1.54) is 22.7 Å². The molecule has 1 N–H and O–H groups in total. The van der Waals surface area contributed by atoms with Crippen molar-refractivity contribution in [2.24, 2.45) is 0 Å². The van der Waals surface area contributed by atoms with Crippen LogP contribution < -0.4 is 0 Å². The minimum absolute atomic E-state index is 0.307. The van der Waals surface area contributed by atoms with Crippen LogP contribution in [0.2, 0.25) is 0 Å². The van der Waals surface area contributed by atoms with Crippen LogP contribution in [0.15, 0.2) is 53.0 Å². The number of thioether (sulfide) groups is 1. The molecule has 1 unspecified atom stereocenters. The molecule has 3 heterocycles. The van der Waals surface area contributed by atoms with E-state index >= 15 is 0 Å². The van der Waals surface area contributed by atoms with E-state index in [2.05, 4.69) is 29.3 Å². The number of thiophene rings is 1. The second kappa shape index (κ2) is 7.75. The highest BCUT2D eigenvalue weighted by molar-refractivity contribution is 7.99. The molecule has 26 heavy (non-hydrogen) atoms. The zero-order valence-corrected chi connectivity index (χ0v) is 16.0. The van der Waals surface area contributed by atoms with Crippen molar-refractivity contribution in [3.8, 4) is 0 Å². The third-order valence-corrected chi connectivity index (χ3v) is 6.04. The zero-order chi connectivity index (χ0) is 17.9. The molecule has 1 aromatic carbocycles. The first-order valence-corrected chi connectivity index (χ1v) is 10.2. The van der Waals surface area contributed by atoms with E-state index in [9.17, 15) is 5.11 Å². The van der Waals surface area contributed by atoms with Gasteiger partial charge in [0.1, 0.15) is 0 Å². The summed E-state index contributed by atoms with van der Waals surface area (Å²) in [5.41, 5.74) is 3.09. The number of para-hydroxylation sites is 1. The van der Waals surface area contributed by atoms with Crippen molar-refractivity contribution in [2.45, 2.75) is 24.8 Å². The predicted molar refractivity (Wildman–Crippen MR) is 106 cm³/mol. The van der Waals surface area contributed by atoms with Gasteiger partial charge in [0, 0.05) is 16.0 Å². The molecule has 0 saturated heterocycles. The Morgan fingerprint density at radius 3 is 2.96 bits per heavy atom. The van der Waals surface area contributed by atoms with Crippen molar-refractivity contribution in [1.29, 1.82) is 0 Å². The maximum absolute atomic E-state index is 10.2. The summed E-state index contributed by atoms with van der Waals surface area (Å²) in [4.78, 5) is 1.16. The van der Waals surface area contributed by atoms with E-state index in [-0.39, 0.29) is 0 Å². The molecule has 0 radical (unpaired) electrons. The highest BCUT2D eigenvalue weighted by atomic mass is 32.2. The van der Waals surface area contributed by atoms with Gasteiger partial charge in [0.15, 0.2) is 10.8 Å². The summed E-state index contributed by atoms with van der Waals surface area (Å²) in [6.07, 6.45) is -0.552. The SMILES string of the molecule is Cc1cc2nnc(SCC(O)COCc3cccs3)n2c2ccccc12. The van der Waals surface area contributed by atoms with Gasteiger partial charge in [-0.05, 0) is 36.1 Å². The zero-order valence-electron chi connectivity index (χ0n) is 14.3. The fraction of sp³-hybridized carbons (Fsp3) is 0.263. The number of ether oxygens (including phenoxy) is 1. The van der Waals surface area contributed by atoms with Gasteiger partial charge in [-0.2, -0.15) is 0 Å². The van der Waals surface area contributed by atoms with Crippen LogP contribution in [0.25, 0.3) is 16.6 Å². The van der Waals surface area contributed by atoms with Gasteiger partial charge in [-0.3, -0.25) is 4.40 Å². The Hall–Kier alpha value is -1.93. The average molecular weight is 386 g/mol. The molecule has 0 saturated carbocycles. The van der Waals surface area contributed by atoms with Crippen molar-refractivity contribution in [3.05, 3.63) is 58.3 Å². The minimum Gasteiger partial charge on any atom is -0.390 e. The number of aliphatic hydroxyl groups excluding tert-OH is 1. The van der Waals surface area contributed by atoms with Crippen LogP contribution >= 0.6 is 23.1 Å². The fourth-order valence-corrected chi connectivity index (χ4v) is 4.37. The number of fused-ring (bicyclic) bond motifs is 3. The molecule has 4 rings (SSSR count). The molecular weight excluding hydrogens is 366 g/mol. The third-order valence-electron chi connectivity index (χ3n) is 4.11. The quantitative estimate of drug-likeness (QED) is 0.489. The number of hydrogen-bond acceptors (Lipinski definition) is 6. The number of pyridine rings is 1. The molecule has 3 aromatic heterocycles. The molecular formula is C19H19N3O2S2. The fourth-order valence-electron chi connectivity index (χ4n) is 2.88. The smallest absolute Gasteiger partial charge is 0.196 e. The Kier molecular flexibility index (Phi) is 5.21. The summed E-state index contributed by atoms with van der Waals surface area (Å²) in [7, 11) is 0. The van der Waals surface area contributed by atoms with E-state index in [0.29, 0.717) is 19.0 Å². The summed E-state index contributed by atoms with van der Waals surface area (Å²) >= 11 is 3.15. The maximum atomic E-state index is 10.2. The van der Waals surface area contributed by atoms with Crippen molar-refractivity contribution in [3.63, 3.8) is 0 Å². The summed E-state index contributed by atoms with van der Waals surface area (Å²) < 4.78 is 7.64. The monoisotopic (exact) mass is 385 g/mol. The van der Waals surface area contributed by atoms with Gasteiger partial charge in [0.2, 0.25) is 0 Å². The number of aryl methyl sites for hydroxylation is 1. The van der Waals surface area contributed by atoms with Gasteiger partial charge in [-0.15, -0.1) is 21.5 Å². The van der Waals surface area contributed by atoms with Crippen LogP contribution in [0, 0.1) is 6.92 Å². The lowest BCUT2D eigenvalue weighted by molar-refractivity contribution is 0.0409. The van der Waals surface area contributed by atoms with E-state index in [0.717, 1.165) is 21.2 Å². The largest absolute Gasteiger partial charge is 0.390 e. The highest BCUT2D eigenvalue weighted by Gasteiger charge is 2.13. The Bertz CT molecular complexity index is 1010. The van der Waals surface area contributed by atoms with Crippen LogP contribution in [0.5, 0.6) is 0 Å². The van der Waals surface area contributed by atoms with Crippen LogP contribution in [0.1, 0.15) is 10.4 Å². The highest BCUT2D eigenvalue weighted by Crippen LogP contribution is 2.26. The molecule has 4 aromatic rings. The van der Waals surface area contributed by atoms with Crippen LogP contribution in [0.4, 0.5) is 0 Å². The van der Waals surface area contributed by atoms with Gasteiger partial charge in [-0.1, -0.05) is 36.0 Å². The Balaban J connectivity index is 1.45. The molecule has 0 aliphatic carbocycles. The van der Waals surface area contributed by atoms with Crippen molar-refractivity contribution >= 4 is 39.6 Å². The average Bonchev–Trinajstić information content (AvgIpc) is 3.30. The second-order valence-electron chi connectivity index (χ2n) is 6.08. The number of rotatable bonds is 7. The molecule has 134 valence electrons. The van der Waals surface area contributed by atoms with Crippen LogP contribution in [-0.2, 0) is 11.3 Å². The number of hydrogen-bond donors (Lipinski definition) is 1. The van der Waals surface area contributed by atoms with Crippen LogP contribution in [-0.4, -0.2) is 38.2 Å². The molecule has 5 nitrogen and oxygen atoms in total. The molecule has 0 aliphatic heterocycles. The third kappa shape index (κ3) is 3.61. The van der Waals surface area contributed by atoms with Gasteiger partial charge >= 0.3 is 0 Å². The lowest BCUT2D eigenvalue weighted by atomic mass is 10.1. The standard InChI is InChI=1S/C19H19N3O2S2/c1-13-9-18-20-21-19(22(18)17-7-3-2-6-16(13)17)26-12-14(23)10-24-11-15-5-4-8-25-15/h2-9,14,23H,10-12H2,1H3. The molecule has 0 spiro atoms. The molecule has 0 aliphatic rings. The Labute approximate surface area is 159 Å². The van der Waals surface area contributed by atoms with E-state index in [1.807, 2.05) is 40.1 Å². The normalized spacial score (nSPS) is 12.8. The number of benzene rings is 1. The lowest BCUT2D eigenvalue weighted by Gasteiger charge is -2.11. The Morgan fingerprint density at radius 1 is 1.23 bits per heavy atom. The number of nitrogens with zero attached hydrogens (tertiary/aromatic N) is 3. The van der Waals surface area contributed by atoms with Gasteiger partial charge in [0.05, 0.1) is 24.8 Å². The summed E-state index contributed by atoms with van der Waals surface area (Å²) in [6.45, 7) is 2.93. The Morgan fingerprint density at radius 2 is 2.12 bits per heavy atom.